The second-order valence-electron chi connectivity index (χ2n) is 12.2. The molecule has 1 aliphatic rings. The largest absolute Gasteiger partial charge is 0.444 e. The van der Waals surface area contributed by atoms with E-state index in [1.807, 2.05) is 74.5 Å². The van der Waals surface area contributed by atoms with Gasteiger partial charge in [-0.05, 0) is 80.8 Å². The average molecular weight is 585 g/mol. The molecule has 0 bridgehead atoms. The summed E-state index contributed by atoms with van der Waals surface area (Å²) in [5.74, 6) is -1.03. The van der Waals surface area contributed by atoms with Crippen LogP contribution in [0.25, 0.3) is 0 Å². The van der Waals surface area contributed by atoms with Crippen LogP contribution in [-0.4, -0.2) is 47.0 Å². The van der Waals surface area contributed by atoms with Gasteiger partial charge in [-0.1, -0.05) is 72.8 Å². The molecule has 1 fully saturated rings. The maximum absolute atomic E-state index is 14.5. The van der Waals surface area contributed by atoms with Crippen LogP contribution in [0, 0.1) is 13.8 Å². The van der Waals surface area contributed by atoms with Gasteiger partial charge in [0, 0.05) is 25.6 Å². The Morgan fingerprint density at radius 1 is 0.930 bits per heavy atom. The van der Waals surface area contributed by atoms with Gasteiger partial charge in [0.1, 0.15) is 17.7 Å². The van der Waals surface area contributed by atoms with Crippen LogP contribution in [0.15, 0.2) is 72.8 Å². The number of likely N-dealkylation sites (tertiary alicyclic amines) is 1. The third-order valence-electron chi connectivity index (χ3n) is 7.90. The lowest BCUT2D eigenvalue weighted by Crippen LogP contribution is -2.56. The van der Waals surface area contributed by atoms with Crippen molar-refractivity contribution >= 4 is 17.9 Å². The molecule has 3 aromatic rings. The summed E-state index contributed by atoms with van der Waals surface area (Å²) < 4.78 is 5.59. The number of alkyl carbamates (subject to hydrolysis) is 1. The molecule has 1 saturated heterocycles. The van der Waals surface area contributed by atoms with Gasteiger partial charge in [0.25, 0.3) is 0 Å². The Morgan fingerprint density at radius 3 is 2.05 bits per heavy atom. The quantitative estimate of drug-likeness (QED) is 0.324. The van der Waals surface area contributed by atoms with Gasteiger partial charge in [-0.3, -0.25) is 9.59 Å². The summed E-state index contributed by atoms with van der Waals surface area (Å²) >= 11 is 0. The Balaban J connectivity index is 1.62. The van der Waals surface area contributed by atoms with Gasteiger partial charge < -0.3 is 26.0 Å². The Kier molecular flexibility index (Phi) is 10.2. The van der Waals surface area contributed by atoms with Crippen LogP contribution < -0.4 is 16.4 Å². The zero-order chi connectivity index (χ0) is 31.1. The smallest absolute Gasteiger partial charge is 0.408 e. The monoisotopic (exact) mass is 584 g/mol. The molecule has 228 valence electrons. The summed E-state index contributed by atoms with van der Waals surface area (Å²) in [6.07, 6.45) is 0.547. The third-order valence-corrected chi connectivity index (χ3v) is 7.90. The molecule has 0 aromatic heterocycles. The maximum Gasteiger partial charge on any atom is 0.408 e. The molecule has 2 atom stereocenters. The van der Waals surface area contributed by atoms with Crippen LogP contribution in [0.3, 0.4) is 0 Å². The van der Waals surface area contributed by atoms with Gasteiger partial charge >= 0.3 is 6.09 Å². The number of nitrogens with zero attached hydrogens (tertiary/aromatic N) is 1. The minimum Gasteiger partial charge on any atom is -0.444 e. The van der Waals surface area contributed by atoms with Crippen LogP contribution in [-0.2, 0) is 27.4 Å². The number of aryl methyl sites for hydroxylation is 2. The number of nitrogens with two attached hydrogens (primary N) is 1. The fourth-order valence-electron chi connectivity index (χ4n) is 5.75. The highest BCUT2D eigenvalue weighted by molar-refractivity contribution is 5.93. The summed E-state index contributed by atoms with van der Waals surface area (Å²) in [6.45, 7) is 10.6. The van der Waals surface area contributed by atoms with Crippen molar-refractivity contribution in [2.45, 2.75) is 84.2 Å². The first kappa shape index (κ1) is 31.8. The SMILES string of the molecule is Cc1cc(CNC(=O)[C@@H]2CCCN2C(=O)[C@H](NC(=O)OC(C)(C)C)C(c2ccccc2)c2ccccc2)c(C)cc1CN. The highest BCUT2D eigenvalue weighted by atomic mass is 16.6. The summed E-state index contributed by atoms with van der Waals surface area (Å²) in [7, 11) is 0. The maximum atomic E-state index is 14.5. The minimum atomic E-state index is -0.998. The second kappa shape index (κ2) is 13.9. The average Bonchev–Trinajstić information content (AvgIpc) is 3.47. The number of carbonyl (C=O) groups is 3. The van der Waals surface area contributed by atoms with E-state index in [1.54, 1.807) is 25.7 Å². The van der Waals surface area contributed by atoms with Crippen molar-refractivity contribution in [3.8, 4) is 0 Å². The molecule has 4 N–H and O–H groups in total. The summed E-state index contributed by atoms with van der Waals surface area (Å²) in [4.78, 5) is 42.8. The molecule has 0 unspecified atom stereocenters. The first-order chi connectivity index (χ1) is 20.5. The van der Waals surface area contributed by atoms with Crippen LogP contribution >= 0.6 is 0 Å². The Hall–Kier alpha value is -4.17. The number of carbonyl (C=O) groups excluding carboxylic acids is 3. The minimum absolute atomic E-state index is 0.210. The zero-order valence-corrected chi connectivity index (χ0v) is 25.9. The molecule has 3 aromatic carbocycles. The molecular weight excluding hydrogens is 540 g/mol. The second-order valence-corrected chi connectivity index (χ2v) is 12.2. The molecule has 1 aliphatic heterocycles. The lowest BCUT2D eigenvalue weighted by Gasteiger charge is -2.34. The molecule has 43 heavy (non-hydrogen) atoms. The van der Waals surface area contributed by atoms with E-state index in [1.165, 1.54) is 0 Å². The summed E-state index contributed by atoms with van der Waals surface area (Å²) in [5, 5.41) is 5.95. The number of hydrogen-bond donors (Lipinski definition) is 3. The standard InChI is InChI=1S/C35H44N4O4/c1-23-20-28(24(2)19-27(23)21-36)22-37-32(40)29-17-12-18-39(29)33(41)31(38-34(42)43-35(3,4)5)30(25-13-8-6-9-14-25)26-15-10-7-11-16-26/h6-11,13-16,19-20,29-31H,12,17-18,21-22,36H2,1-5H3,(H,37,40)(H,38,42)/t29-,31+/m0/s1. The third kappa shape index (κ3) is 8.02. The van der Waals surface area contributed by atoms with E-state index in [9.17, 15) is 14.4 Å². The van der Waals surface area contributed by atoms with Gasteiger partial charge in [-0.15, -0.1) is 0 Å². The van der Waals surface area contributed by atoms with Crippen LogP contribution in [0.1, 0.15) is 72.9 Å². The van der Waals surface area contributed by atoms with Crippen LogP contribution in [0.5, 0.6) is 0 Å². The molecule has 0 aliphatic carbocycles. The number of benzene rings is 3. The number of nitrogens with one attached hydrogen (secondary N) is 2. The van der Waals surface area contributed by atoms with Crippen molar-refractivity contribution in [3.63, 3.8) is 0 Å². The Morgan fingerprint density at radius 2 is 1.49 bits per heavy atom. The van der Waals surface area contributed by atoms with E-state index < -0.39 is 29.7 Å². The normalized spacial score (nSPS) is 15.7. The Labute approximate surface area is 255 Å². The number of ether oxygens (including phenoxy) is 1. The lowest BCUT2D eigenvalue weighted by atomic mass is 9.84. The van der Waals surface area contributed by atoms with Gasteiger partial charge in [0.15, 0.2) is 0 Å². The predicted octanol–water partition coefficient (Wildman–Crippen LogP) is 5.09. The molecule has 0 radical (unpaired) electrons. The van der Waals surface area contributed by atoms with E-state index in [4.69, 9.17) is 10.5 Å². The van der Waals surface area contributed by atoms with E-state index in [0.29, 0.717) is 32.5 Å². The topological polar surface area (TPSA) is 114 Å². The van der Waals surface area contributed by atoms with E-state index in [-0.39, 0.29) is 11.8 Å². The van der Waals surface area contributed by atoms with Gasteiger partial charge in [0.2, 0.25) is 11.8 Å². The van der Waals surface area contributed by atoms with Gasteiger partial charge in [0.05, 0.1) is 0 Å². The fraction of sp³-hybridized carbons (Fsp3) is 0.400. The molecule has 0 spiro atoms. The molecule has 1 heterocycles. The van der Waals surface area contributed by atoms with Gasteiger partial charge in [-0.25, -0.2) is 4.79 Å². The van der Waals surface area contributed by atoms with Crippen molar-refractivity contribution < 1.29 is 19.1 Å². The van der Waals surface area contributed by atoms with Crippen molar-refractivity contribution in [2.24, 2.45) is 5.73 Å². The fourth-order valence-corrected chi connectivity index (χ4v) is 5.75. The highest BCUT2D eigenvalue weighted by Crippen LogP contribution is 2.31. The first-order valence-corrected chi connectivity index (χ1v) is 14.9. The van der Waals surface area contributed by atoms with E-state index >= 15 is 0 Å². The highest BCUT2D eigenvalue weighted by Gasteiger charge is 2.42. The first-order valence-electron chi connectivity index (χ1n) is 14.9. The van der Waals surface area contributed by atoms with Crippen LogP contribution in [0.4, 0.5) is 4.79 Å². The zero-order valence-electron chi connectivity index (χ0n) is 25.9. The number of hydrogen-bond acceptors (Lipinski definition) is 5. The summed E-state index contributed by atoms with van der Waals surface area (Å²) in [6, 6.07) is 21.7. The molecular formula is C35H44N4O4. The van der Waals surface area contributed by atoms with E-state index in [0.717, 1.165) is 33.4 Å². The molecule has 3 amide bonds. The van der Waals surface area contributed by atoms with Gasteiger partial charge in [-0.2, -0.15) is 0 Å². The van der Waals surface area contributed by atoms with Crippen molar-refractivity contribution in [1.82, 2.24) is 15.5 Å². The van der Waals surface area contributed by atoms with Crippen molar-refractivity contribution in [2.75, 3.05) is 6.54 Å². The Bertz CT molecular complexity index is 1380. The molecule has 0 saturated carbocycles. The molecule has 8 nitrogen and oxygen atoms in total. The number of rotatable bonds is 9. The predicted molar refractivity (Wildman–Crippen MR) is 168 cm³/mol. The van der Waals surface area contributed by atoms with Crippen LogP contribution in [0.2, 0.25) is 0 Å². The van der Waals surface area contributed by atoms with E-state index in [2.05, 4.69) is 22.8 Å². The lowest BCUT2D eigenvalue weighted by molar-refractivity contribution is -0.140. The summed E-state index contributed by atoms with van der Waals surface area (Å²) in [5.41, 5.74) is 11.1. The molecule has 8 heteroatoms. The molecule has 4 rings (SSSR count). The van der Waals surface area contributed by atoms with Crippen molar-refractivity contribution in [3.05, 3.63) is 106 Å². The van der Waals surface area contributed by atoms with Crippen molar-refractivity contribution in [1.29, 1.82) is 0 Å². The number of amides is 3.